The first kappa shape index (κ1) is 12.9. The van der Waals surface area contributed by atoms with Crippen molar-refractivity contribution in [2.75, 3.05) is 7.11 Å². The van der Waals surface area contributed by atoms with Crippen LogP contribution in [0.3, 0.4) is 0 Å². The van der Waals surface area contributed by atoms with Crippen molar-refractivity contribution in [2.45, 2.75) is 13.8 Å². The van der Waals surface area contributed by atoms with Crippen molar-refractivity contribution in [3.05, 3.63) is 36.1 Å². The first-order valence-corrected chi connectivity index (χ1v) is 3.81. The lowest BCUT2D eigenvalue weighted by Crippen LogP contribution is -1.83. The molecule has 2 heteroatoms. The second-order valence-electron chi connectivity index (χ2n) is 1.38. The Labute approximate surface area is 74.0 Å². The van der Waals surface area contributed by atoms with E-state index in [4.69, 9.17) is 16.3 Å². The molecule has 0 heterocycles. The third-order valence-electron chi connectivity index (χ3n) is 0.757. The van der Waals surface area contributed by atoms with Crippen molar-refractivity contribution in [1.82, 2.24) is 0 Å². The van der Waals surface area contributed by atoms with Crippen LogP contribution in [-0.4, -0.2) is 7.11 Å². The topological polar surface area (TPSA) is 9.23 Å². The van der Waals surface area contributed by atoms with E-state index in [2.05, 4.69) is 13.2 Å². The maximum atomic E-state index is 5.49. The predicted molar refractivity (Wildman–Crippen MR) is 51.6 cm³/mol. The minimum absolute atomic E-state index is 0.386. The summed E-state index contributed by atoms with van der Waals surface area (Å²) in [5.41, 5.74) is 0. The summed E-state index contributed by atoms with van der Waals surface area (Å²) in [5.74, 6) is 0.548. The molecule has 64 valence electrons. The molecule has 0 bridgehead atoms. The van der Waals surface area contributed by atoms with Crippen LogP contribution in [0.2, 0.25) is 0 Å². The summed E-state index contributed by atoms with van der Waals surface area (Å²) in [7, 11) is 1.53. The maximum Gasteiger partial charge on any atom is 0.136 e. The van der Waals surface area contributed by atoms with Crippen molar-refractivity contribution < 1.29 is 4.74 Å². The summed E-state index contributed by atoms with van der Waals surface area (Å²) in [6, 6.07) is 0. The third-order valence-corrected chi connectivity index (χ3v) is 0.943. The van der Waals surface area contributed by atoms with Crippen molar-refractivity contribution in [3.63, 3.8) is 0 Å². The molecule has 0 atom stereocenters. The largest absolute Gasteiger partial charge is 0.495 e. The van der Waals surface area contributed by atoms with Gasteiger partial charge < -0.3 is 4.74 Å². The van der Waals surface area contributed by atoms with Gasteiger partial charge >= 0.3 is 0 Å². The van der Waals surface area contributed by atoms with Crippen molar-refractivity contribution in [3.8, 4) is 0 Å². The van der Waals surface area contributed by atoms with Crippen molar-refractivity contribution >= 4 is 11.6 Å². The first-order chi connectivity index (χ1) is 5.22. The molecule has 0 aromatic carbocycles. The zero-order valence-corrected chi connectivity index (χ0v) is 8.11. The number of hydrogen-bond acceptors (Lipinski definition) is 1. The Kier molecular flexibility index (Phi) is 11.0. The summed E-state index contributed by atoms with van der Waals surface area (Å²) in [4.78, 5) is 0. The minimum Gasteiger partial charge on any atom is -0.495 e. The lowest BCUT2D eigenvalue weighted by molar-refractivity contribution is 0.305. The van der Waals surface area contributed by atoms with Gasteiger partial charge in [0.1, 0.15) is 5.76 Å². The normalized spacial score (nSPS) is 9.27. The van der Waals surface area contributed by atoms with Gasteiger partial charge in [0.15, 0.2) is 0 Å². The van der Waals surface area contributed by atoms with Gasteiger partial charge in [0.25, 0.3) is 0 Å². The van der Waals surface area contributed by atoms with Crippen LogP contribution >= 0.6 is 11.6 Å². The Morgan fingerprint density at radius 2 is 1.91 bits per heavy atom. The molecule has 0 radical (unpaired) electrons. The second kappa shape index (κ2) is 9.31. The molecule has 0 saturated heterocycles. The highest BCUT2D eigenvalue weighted by atomic mass is 35.5. The standard InChI is InChI=1S/C7H9ClO.C2H6/c1-4-5-7(9-3)6(2)8;1-2/h4-5H,1-2H2,3H3;1-2H3/b7-5+;. The predicted octanol–water partition coefficient (Wildman–Crippen LogP) is 3.48. The van der Waals surface area contributed by atoms with Crippen LogP contribution in [0.4, 0.5) is 0 Å². The Hall–Kier alpha value is -0.690. The van der Waals surface area contributed by atoms with Crippen LogP contribution in [0.5, 0.6) is 0 Å². The van der Waals surface area contributed by atoms with Crippen LogP contribution < -0.4 is 0 Å². The Balaban J connectivity index is 0. The van der Waals surface area contributed by atoms with E-state index in [1.54, 1.807) is 12.2 Å². The van der Waals surface area contributed by atoms with E-state index in [1.807, 2.05) is 13.8 Å². The van der Waals surface area contributed by atoms with E-state index in [0.717, 1.165) is 0 Å². The molecule has 0 aromatic heterocycles. The van der Waals surface area contributed by atoms with E-state index in [1.165, 1.54) is 7.11 Å². The average Bonchev–Trinajstić information content (AvgIpc) is 2.03. The molecule has 0 unspecified atom stereocenters. The molecule has 0 rings (SSSR count). The lowest BCUT2D eigenvalue weighted by atomic mass is 10.4. The fourth-order valence-electron chi connectivity index (χ4n) is 0.376. The number of hydrogen-bond donors (Lipinski definition) is 0. The van der Waals surface area contributed by atoms with Gasteiger partial charge in [-0.2, -0.15) is 0 Å². The van der Waals surface area contributed by atoms with Gasteiger partial charge in [0.05, 0.1) is 12.1 Å². The van der Waals surface area contributed by atoms with Gasteiger partial charge in [-0.05, 0) is 6.08 Å². The van der Waals surface area contributed by atoms with E-state index in [9.17, 15) is 0 Å². The molecule has 0 amide bonds. The van der Waals surface area contributed by atoms with Gasteiger partial charge in [-0.25, -0.2) is 0 Å². The van der Waals surface area contributed by atoms with E-state index < -0.39 is 0 Å². The molecule has 0 N–H and O–H groups in total. The summed E-state index contributed by atoms with van der Waals surface area (Å²) >= 11 is 5.49. The Morgan fingerprint density at radius 1 is 1.45 bits per heavy atom. The van der Waals surface area contributed by atoms with Gasteiger partial charge in [-0.15, -0.1) is 0 Å². The van der Waals surface area contributed by atoms with E-state index in [0.29, 0.717) is 10.8 Å². The third kappa shape index (κ3) is 7.20. The fourth-order valence-corrected chi connectivity index (χ4v) is 0.516. The Bertz CT molecular complexity index is 148. The van der Waals surface area contributed by atoms with Crippen molar-refractivity contribution in [1.29, 1.82) is 0 Å². The first-order valence-electron chi connectivity index (χ1n) is 3.44. The highest BCUT2D eigenvalue weighted by Gasteiger charge is 1.93. The van der Waals surface area contributed by atoms with Gasteiger partial charge in [-0.1, -0.05) is 44.7 Å². The van der Waals surface area contributed by atoms with Gasteiger partial charge in [0, 0.05) is 0 Å². The molecule has 0 aliphatic heterocycles. The molecule has 0 aromatic rings. The quantitative estimate of drug-likeness (QED) is 0.470. The van der Waals surface area contributed by atoms with Gasteiger partial charge in [0.2, 0.25) is 0 Å². The van der Waals surface area contributed by atoms with Crippen LogP contribution in [-0.2, 0) is 4.74 Å². The summed E-state index contributed by atoms with van der Waals surface area (Å²) in [6.07, 6.45) is 3.24. The van der Waals surface area contributed by atoms with E-state index >= 15 is 0 Å². The molecule has 11 heavy (non-hydrogen) atoms. The molecule has 1 nitrogen and oxygen atoms in total. The fraction of sp³-hybridized carbons (Fsp3) is 0.333. The van der Waals surface area contributed by atoms with Gasteiger partial charge in [-0.3, -0.25) is 0 Å². The summed E-state index contributed by atoms with van der Waals surface area (Å²) in [6.45, 7) is 10.9. The molecule has 0 spiro atoms. The molecular formula is C9H15ClO. The monoisotopic (exact) mass is 174 g/mol. The van der Waals surface area contributed by atoms with Crippen LogP contribution in [0, 0.1) is 0 Å². The molecule has 0 saturated carbocycles. The highest BCUT2D eigenvalue weighted by Crippen LogP contribution is 2.11. The number of rotatable bonds is 3. The SMILES string of the molecule is C=C/C=C(/OC)C(=C)Cl.CC. The van der Waals surface area contributed by atoms with Crippen LogP contribution in [0.25, 0.3) is 0 Å². The molecule has 0 aliphatic rings. The lowest BCUT2D eigenvalue weighted by Gasteiger charge is -1.99. The van der Waals surface area contributed by atoms with Crippen molar-refractivity contribution in [2.24, 2.45) is 0 Å². The minimum atomic E-state index is 0.386. The zero-order chi connectivity index (χ0) is 9.28. The zero-order valence-electron chi connectivity index (χ0n) is 7.36. The number of methoxy groups -OCH3 is 1. The molecule has 0 aliphatic carbocycles. The number of halogens is 1. The smallest absolute Gasteiger partial charge is 0.136 e. The number of allylic oxidation sites excluding steroid dienone is 3. The highest BCUT2D eigenvalue weighted by molar-refractivity contribution is 6.31. The average molecular weight is 175 g/mol. The molecular weight excluding hydrogens is 160 g/mol. The maximum absolute atomic E-state index is 5.49. The molecule has 0 fully saturated rings. The Morgan fingerprint density at radius 3 is 2.00 bits per heavy atom. The van der Waals surface area contributed by atoms with E-state index in [-0.39, 0.29) is 0 Å². The second-order valence-corrected chi connectivity index (χ2v) is 1.83. The number of ether oxygens (including phenoxy) is 1. The summed E-state index contributed by atoms with van der Waals surface area (Å²) in [5, 5.41) is 0.386. The van der Waals surface area contributed by atoms with Crippen LogP contribution in [0.1, 0.15) is 13.8 Å². The van der Waals surface area contributed by atoms with Crippen LogP contribution in [0.15, 0.2) is 36.1 Å². The summed E-state index contributed by atoms with van der Waals surface area (Å²) < 4.78 is 4.81.